The van der Waals surface area contributed by atoms with Gasteiger partial charge in [0, 0.05) is 20.7 Å². The topological polar surface area (TPSA) is 67.9 Å². The minimum absolute atomic E-state index is 0.0175. The first-order valence-corrected chi connectivity index (χ1v) is 4.16. The van der Waals surface area contributed by atoms with Crippen molar-refractivity contribution in [2.24, 2.45) is 0 Å². The summed E-state index contributed by atoms with van der Waals surface area (Å²) in [5.74, 6) is -0.241. The molecule has 0 saturated carbocycles. The summed E-state index contributed by atoms with van der Waals surface area (Å²) in [5.41, 5.74) is 0. The molecular formula is C8H16N2O4. The van der Waals surface area contributed by atoms with Gasteiger partial charge in [-0.1, -0.05) is 0 Å². The van der Waals surface area contributed by atoms with Gasteiger partial charge >= 0.3 is 6.09 Å². The zero-order valence-corrected chi connectivity index (χ0v) is 8.70. The lowest BCUT2D eigenvalue weighted by Crippen LogP contribution is -2.39. The van der Waals surface area contributed by atoms with Crippen LogP contribution in [0.5, 0.6) is 0 Å². The monoisotopic (exact) mass is 204 g/mol. The van der Waals surface area contributed by atoms with Gasteiger partial charge in [-0.05, 0) is 0 Å². The predicted octanol–water partition coefficient (Wildman–Crippen LogP) is -0.553. The number of carbonyl (C=O) groups is 2. The highest BCUT2D eigenvalue weighted by Crippen LogP contribution is 1.86. The molecule has 0 unspecified atom stereocenters. The lowest BCUT2D eigenvalue weighted by Gasteiger charge is -2.14. The Morgan fingerprint density at radius 2 is 2.00 bits per heavy atom. The molecule has 0 aliphatic rings. The number of nitrogens with zero attached hydrogens (tertiary/aromatic N) is 1. The van der Waals surface area contributed by atoms with Crippen LogP contribution in [0.15, 0.2) is 0 Å². The fourth-order valence-corrected chi connectivity index (χ4v) is 0.784. The molecule has 1 N–H and O–H groups in total. The highest BCUT2D eigenvalue weighted by molar-refractivity contribution is 5.81. The number of carbonyl (C=O) groups excluding carboxylic acids is 2. The number of hydrogen-bond donors (Lipinski definition) is 1. The average molecular weight is 204 g/mol. The van der Waals surface area contributed by atoms with Gasteiger partial charge < -0.3 is 19.7 Å². The van der Waals surface area contributed by atoms with E-state index in [-0.39, 0.29) is 12.5 Å². The van der Waals surface area contributed by atoms with E-state index in [0.29, 0.717) is 13.2 Å². The van der Waals surface area contributed by atoms with Crippen molar-refractivity contribution in [3.05, 3.63) is 0 Å². The van der Waals surface area contributed by atoms with Crippen LogP contribution in [-0.2, 0) is 14.3 Å². The van der Waals surface area contributed by atoms with Crippen molar-refractivity contribution in [3.8, 4) is 0 Å². The predicted molar refractivity (Wildman–Crippen MR) is 49.9 cm³/mol. The molecule has 0 radical (unpaired) electrons. The van der Waals surface area contributed by atoms with Gasteiger partial charge in [0.25, 0.3) is 0 Å². The van der Waals surface area contributed by atoms with Crippen LogP contribution in [-0.4, -0.2) is 57.9 Å². The molecule has 0 spiro atoms. The molecule has 6 heteroatoms. The first-order chi connectivity index (χ1) is 6.61. The lowest BCUT2D eigenvalue weighted by atomic mass is 10.5. The number of rotatable bonds is 5. The molecule has 0 bridgehead atoms. The molecule has 6 nitrogen and oxygen atoms in total. The Hall–Kier alpha value is -1.30. The molecule has 0 aromatic rings. The van der Waals surface area contributed by atoms with Crippen molar-refractivity contribution in [3.63, 3.8) is 0 Å². The maximum atomic E-state index is 11.1. The zero-order valence-electron chi connectivity index (χ0n) is 8.70. The summed E-state index contributed by atoms with van der Waals surface area (Å²) in [5, 5.41) is 2.58. The van der Waals surface area contributed by atoms with Gasteiger partial charge in [0.1, 0.15) is 6.54 Å². The van der Waals surface area contributed by atoms with Gasteiger partial charge in [-0.15, -0.1) is 0 Å². The smallest absolute Gasteiger partial charge is 0.409 e. The number of methoxy groups -OCH3 is 2. The van der Waals surface area contributed by atoms with E-state index in [2.05, 4.69) is 10.1 Å². The minimum atomic E-state index is -0.535. The number of amides is 2. The van der Waals surface area contributed by atoms with E-state index in [1.54, 1.807) is 7.11 Å². The number of likely N-dealkylation sites (N-methyl/N-ethyl adjacent to an activating group) is 1. The van der Waals surface area contributed by atoms with Gasteiger partial charge in [-0.2, -0.15) is 0 Å². The Kier molecular flexibility index (Phi) is 6.47. The molecule has 2 amide bonds. The van der Waals surface area contributed by atoms with E-state index in [1.807, 2.05) is 0 Å². The van der Waals surface area contributed by atoms with Crippen LogP contribution in [0.1, 0.15) is 0 Å². The van der Waals surface area contributed by atoms with Crippen LogP contribution in [0, 0.1) is 0 Å². The maximum absolute atomic E-state index is 11.1. The third kappa shape index (κ3) is 5.36. The summed E-state index contributed by atoms with van der Waals surface area (Å²) in [4.78, 5) is 23.2. The molecule has 0 aliphatic carbocycles. The van der Waals surface area contributed by atoms with E-state index >= 15 is 0 Å². The fourth-order valence-electron chi connectivity index (χ4n) is 0.784. The summed E-state index contributed by atoms with van der Waals surface area (Å²) in [6, 6.07) is 0. The van der Waals surface area contributed by atoms with Gasteiger partial charge in [0.05, 0.1) is 13.7 Å². The zero-order chi connectivity index (χ0) is 11.0. The fraction of sp³-hybridized carbons (Fsp3) is 0.750. The largest absolute Gasteiger partial charge is 0.453 e. The van der Waals surface area contributed by atoms with Gasteiger partial charge in [-0.3, -0.25) is 4.79 Å². The number of hydrogen-bond acceptors (Lipinski definition) is 4. The van der Waals surface area contributed by atoms with Crippen molar-refractivity contribution in [2.75, 3.05) is 41.0 Å². The maximum Gasteiger partial charge on any atom is 0.409 e. The van der Waals surface area contributed by atoms with Crippen LogP contribution in [0.25, 0.3) is 0 Å². The van der Waals surface area contributed by atoms with Crippen LogP contribution in [0.4, 0.5) is 4.79 Å². The molecular weight excluding hydrogens is 188 g/mol. The summed E-state index contributed by atoms with van der Waals surface area (Å²) in [7, 11) is 4.30. The molecule has 0 aliphatic heterocycles. The van der Waals surface area contributed by atoms with Crippen molar-refractivity contribution in [2.45, 2.75) is 0 Å². The van der Waals surface area contributed by atoms with E-state index in [9.17, 15) is 9.59 Å². The van der Waals surface area contributed by atoms with Crippen LogP contribution < -0.4 is 5.32 Å². The molecule has 0 heterocycles. The van der Waals surface area contributed by atoms with Gasteiger partial charge in [0.15, 0.2) is 0 Å². The standard InChI is InChI=1S/C8H16N2O4/c1-10(8(12)14-3)6-7(11)9-4-5-13-2/h4-6H2,1-3H3,(H,9,11). The molecule has 0 aromatic heterocycles. The Labute approximate surface area is 83.2 Å². The molecule has 0 fully saturated rings. The van der Waals surface area contributed by atoms with E-state index in [4.69, 9.17) is 4.74 Å². The Balaban J connectivity index is 3.65. The normalized spacial score (nSPS) is 9.36. The van der Waals surface area contributed by atoms with Crippen LogP contribution in [0.2, 0.25) is 0 Å². The first kappa shape index (κ1) is 12.7. The summed E-state index contributed by atoms with van der Waals surface area (Å²) in [6.45, 7) is 0.869. The van der Waals surface area contributed by atoms with E-state index in [1.165, 1.54) is 19.1 Å². The van der Waals surface area contributed by atoms with Crippen LogP contribution in [0.3, 0.4) is 0 Å². The molecule has 82 valence electrons. The second-order valence-electron chi connectivity index (χ2n) is 2.67. The second-order valence-corrected chi connectivity index (χ2v) is 2.67. The average Bonchev–Trinajstić information content (AvgIpc) is 2.16. The van der Waals surface area contributed by atoms with Crippen molar-refractivity contribution >= 4 is 12.0 Å². The number of nitrogens with one attached hydrogen (secondary N) is 1. The summed E-state index contributed by atoms with van der Waals surface area (Å²) < 4.78 is 9.17. The van der Waals surface area contributed by atoms with Gasteiger partial charge in [-0.25, -0.2) is 4.79 Å². The second kappa shape index (κ2) is 7.14. The van der Waals surface area contributed by atoms with Crippen molar-refractivity contribution in [1.82, 2.24) is 10.2 Å². The van der Waals surface area contributed by atoms with Crippen LogP contribution >= 0.6 is 0 Å². The summed E-state index contributed by atoms with van der Waals surface area (Å²) >= 11 is 0. The lowest BCUT2D eigenvalue weighted by molar-refractivity contribution is -0.121. The van der Waals surface area contributed by atoms with E-state index < -0.39 is 6.09 Å². The van der Waals surface area contributed by atoms with Gasteiger partial charge in [0.2, 0.25) is 5.91 Å². The molecule has 14 heavy (non-hydrogen) atoms. The van der Waals surface area contributed by atoms with Crippen molar-refractivity contribution in [1.29, 1.82) is 0 Å². The summed E-state index contributed by atoms with van der Waals surface area (Å²) in [6.07, 6.45) is -0.535. The highest BCUT2D eigenvalue weighted by atomic mass is 16.5. The number of ether oxygens (including phenoxy) is 2. The third-order valence-electron chi connectivity index (χ3n) is 1.50. The Morgan fingerprint density at radius 3 is 2.50 bits per heavy atom. The quantitative estimate of drug-likeness (QED) is 0.610. The van der Waals surface area contributed by atoms with E-state index in [0.717, 1.165) is 0 Å². The Morgan fingerprint density at radius 1 is 1.36 bits per heavy atom. The first-order valence-electron chi connectivity index (χ1n) is 4.16. The molecule has 0 rings (SSSR count). The molecule has 0 saturated heterocycles. The third-order valence-corrected chi connectivity index (χ3v) is 1.50. The highest BCUT2D eigenvalue weighted by Gasteiger charge is 2.11. The minimum Gasteiger partial charge on any atom is -0.453 e. The van der Waals surface area contributed by atoms with Crippen molar-refractivity contribution < 1.29 is 19.1 Å². The SMILES string of the molecule is COCCNC(=O)CN(C)C(=O)OC. The Bertz CT molecular complexity index is 196. The molecule has 0 aromatic carbocycles. The molecule has 0 atom stereocenters.